The van der Waals surface area contributed by atoms with Crippen molar-refractivity contribution in [3.63, 3.8) is 0 Å². The van der Waals surface area contributed by atoms with Crippen LogP contribution in [0.3, 0.4) is 0 Å². The van der Waals surface area contributed by atoms with Crippen molar-refractivity contribution < 1.29 is 0 Å². The summed E-state index contributed by atoms with van der Waals surface area (Å²) < 4.78 is 0. The molecule has 1 rings (SSSR count). The van der Waals surface area contributed by atoms with E-state index in [1.165, 1.54) is 11.3 Å². The molecule has 0 radical (unpaired) electrons. The van der Waals surface area contributed by atoms with Crippen molar-refractivity contribution in [1.29, 1.82) is 0 Å². The van der Waals surface area contributed by atoms with Crippen molar-refractivity contribution in [2.45, 2.75) is 26.8 Å². The Hall–Kier alpha value is -0.760. The van der Waals surface area contributed by atoms with E-state index in [0.717, 1.165) is 5.69 Å². The Morgan fingerprint density at radius 2 is 2.10 bits per heavy atom. The Balaban J connectivity index is 3.03. The van der Waals surface area contributed by atoms with Crippen LogP contribution in [-0.2, 0) is 0 Å². The summed E-state index contributed by atoms with van der Waals surface area (Å²) in [6, 6.07) is 2.23. The highest BCUT2D eigenvalue weighted by Gasteiger charge is 2.04. The number of rotatable bonds is 1. The van der Waals surface area contributed by atoms with Crippen LogP contribution in [0.5, 0.6) is 0 Å². The fourth-order valence-corrected chi connectivity index (χ4v) is 1.22. The Morgan fingerprint density at radius 3 is 2.30 bits per heavy atom. The van der Waals surface area contributed by atoms with Gasteiger partial charge in [0.25, 0.3) is 0 Å². The van der Waals surface area contributed by atoms with Gasteiger partial charge >= 0.3 is 0 Å². The summed E-state index contributed by atoms with van der Waals surface area (Å²) in [5, 5.41) is 0. The minimum atomic E-state index is 0.119. The van der Waals surface area contributed by atoms with E-state index in [0.29, 0.717) is 0 Å². The fourth-order valence-electron chi connectivity index (χ4n) is 1.22. The summed E-state index contributed by atoms with van der Waals surface area (Å²) in [7, 11) is 0. The Morgan fingerprint density at radius 1 is 1.50 bits per heavy atom. The lowest BCUT2D eigenvalue weighted by atomic mass is 10.2. The van der Waals surface area contributed by atoms with Gasteiger partial charge in [-0.15, -0.1) is 0 Å². The Bertz CT molecular complexity index is 223. The standard InChI is InChI=1S/C8H14N2/c1-5-4-6(2)10-8(5)7(3)9/h4,7,10H,9H2,1-3H3. The average Bonchev–Trinajstić information content (AvgIpc) is 2.10. The van der Waals surface area contributed by atoms with Crippen LogP contribution >= 0.6 is 0 Å². The highest BCUT2D eigenvalue weighted by atomic mass is 14.8. The van der Waals surface area contributed by atoms with E-state index in [1.54, 1.807) is 0 Å². The van der Waals surface area contributed by atoms with Gasteiger partial charge in [0.2, 0.25) is 0 Å². The molecular weight excluding hydrogens is 124 g/mol. The number of aromatic nitrogens is 1. The van der Waals surface area contributed by atoms with Crippen molar-refractivity contribution in [2.24, 2.45) is 5.73 Å². The lowest BCUT2D eigenvalue weighted by molar-refractivity contribution is 0.779. The minimum Gasteiger partial charge on any atom is -0.361 e. The zero-order valence-corrected chi connectivity index (χ0v) is 6.73. The zero-order valence-electron chi connectivity index (χ0n) is 6.73. The van der Waals surface area contributed by atoms with Crippen molar-refractivity contribution in [2.75, 3.05) is 0 Å². The van der Waals surface area contributed by atoms with Crippen molar-refractivity contribution in [3.05, 3.63) is 23.0 Å². The van der Waals surface area contributed by atoms with Gasteiger partial charge < -0.3 is 10.7 Å². The smallest absolute Gasteiger partial charge is 0.0421 e. The maximum Gasteiger partial charge on any atom is 0.0421 e. The first-order chi connectivity index (χ1) is 4.61. The maximum atomic E-state index is 5.70. The van der Waals surface area contributed by atoms with Crippen LogP contribution in [0.2, 0.25) is 0 Å². The van der Waals surface area contributed by atoms with Crippen LogP contribution in [0.1, 0.15) is 29.9 Å². The number of hydrogen-bond donors (Lipinski definition) is 2. The molecule has 10 heavy (non-hydrogen) atoms. The van der Waals surface area contributed by atoms with Gasteiger partial charge in [-0.2, -0.15) is 0 Å². The molecule has 1 heterocycles. The quantitative estimate of drug-likeness (QED) is 0.608. The highest BCUT2D eigenvalue weighted by molar-refractivity contribution is 5.25. The number of hydrogen-bond acceptors (Lipinski definition) is 1. The largest absolute Gasteiger partial charge is 0.361 e. The molecule has 0 saturated carbocycles. The summed E-state index contributed by atoms with van der Waals surface area (Å²) in [6.07, 6.45) is 0. The summed E-state index contributed by atoms with van der Waals surface area (Å²) in [4.78, 5) is 3.22. The predicted molar refractivity (Wildman–Crippen MR) is 42.9 cm³/mol. The molecule has 1 aromatic rings. The third-order valence-electron chi connectivity index (χ3n) is 1.65. The molecule has 3 N–H and O–H groups in total. The SMILES string of the molecule is Cc1cc(C)c(C(C)N)[nH]1. The number of nitrogens with two attached hydrogens (primary N) is 1. The third-order valence-corrected chi connectivity index (χ3v) is 1.65. The molecule has 0 aliphatic carbocycles. The molecule has 0 saturated heterocycles. The average molecular weight is 138 g/mol. The molecular formula is C8H14N2. The number of aromatic amines is 1. The molecule has 2 nitrogen and oxygen atoms in total. The molecule has 0 aliphatic heterocycles. The molecule has 0 amide bonds. The lowest BCUT2D eigenvalue weighted by Gasteiger charge is -2.02. The molecule has 0 fully saturated rings. The Kier molecular flexibility index (Phi) is 1.81. The normalized spacial score (nSPS) is 13.6. The van der Waals surface area contributed by atoms with Crippen molar-refractivity contribution >= 4 is 0 Å². The molecule has 2 heteroatoms. The van der Waals surface area contributed by atoms with Crippen LogP contribution in [0.4, 0.5) is 0 Å². The van der Waals surface area contributed by atoms with E-state index in [1.807, 2.05) is 13.8 Å². The van der Waals surface area contributed by atoms with E-state index in [9.17, 15) is 0 Å². The van der Waals surface area contributed by atoms with Crippen molar-refractivity contribution in [3.8, 4) is 0 Å². The van der Waals surface area contributed by atoms with Gasteiger partial charge in [0, 0.05) is 17.4 Å². The summed E-state index contributed by atoms with van der Waals surface area (Å²) >= 11 is 0. The van der Waals surface area contributed by atoms with E-state index < -0.39 is 0 Å². The van der Waals surface area contributed by atoms with Gasteiger partial charge in [-0.1, -0.05) is 0 Å². The molecule has 0 bridgehead atoms. The summed E-state index contributed by atoms with van der Waals surface area (Å²) in [5.41, 5.74) is 9.29. The monoisotopic (exact) mass is 138 g/mol. The van der Waals surface area contributed by atoms with Crippen LogP contribution in [-0.4, -0.2) is 4.98 Å². The molecule has 56 valence electrons. The van der Waals surface area contributed by atoms with Gasteiger partial charge in [-0.3, -0.25) is 0 Å². The van der Waals surface area contributed by atoms with E-state index in [-0.39, 0.29) is 6.04 Å². The van der Waals surface area contributed by atoms with Gasteiger partial charge in [0.05, 0.1) is 0 Å². The number of H-pyrrole nitrogens is 1. The first kappa shape index (κ1) is 7.35. The fraction of sp³-hybridized carbons (Fsp3) is 0.500. The molecule has 0 aliphatic rings. The first-order valence-corrected chi connectivity index (χ1v) is 3.53. The molecule has 1 aromatic heterocycles. The molecule has 1 unspecified atom stereocenters. The minimum absolute atomic E-state index is 0.119. The van der Waals surface area contributed by atoms with Gasteiger partial charge in [0.15, 0.2) is 0 Å². The van der Waals surface area contributed by atoms with E-state index in [4.69, 9.17) is 5.73 Å². The first-order valence-electron chi connectivity index (χ1n) is 3.53. The molecule has 1 atom stereocenters. The van der Waals surface area contributed by atoms with Gasteiger partial charge in [-0.05, 0) is 32.4 Å². The van der Waals surface area contributed by atoms with Crippen LogP contribution in [0.25, 0.3) is 0 Å². The van der Waals surface area contributed by atoms with Crippen molar-refractivity contribution in [1.82, 2.24) is 4.98 Å². The summed E-state index contributed by atoms with van der Waals surface area (Å²) in [5.74, 6) is 0. The second kappa shape index (κ2) is 2.46. The Labute approximate surface area is 61.4 Å². The topological polar surface area (TPSA) is 41.8 Å². The maximum absolute atomic E-state index is 5.70. The highest BCUT2D eigenvalue weighted by Crippen LogP contribution is 2.14. The second-order valence-corrected chi connectivity index (χ2v) is 2.84. The van der Waals surface area contributed by atoms with Gasteiger partial charge in [0.1, 0.15) is 0 Å². The number of nitrogens with one attached hydrogen (secondary N) is 1. The number of aryl methyl sites for hydroxylation is 2. The third kappa shape index (κ3) is 1.21. The molecule has 0 aromatic carbocycles. The molecule has 0 spiro atoms. The van der Waals surface area contributed by atoms with Gasteiger partial charge in [-0.25, -0.2) is 0 Å². The van der Waals surface area contributed by atoms with Crippen LogP contribution < -0.4 is 5.73 Å². The van der Waals surface area contributed by atoms with E-state index in [2.05, 4.69) is 18.0 Å². The van der Waals surface area contributed by atoms with E-state index >= 15 is 0 Å². The van der Waals surface area contributed by atoms with Crippen LogP contribution in [0, 0.1) is 13.8 Å². The second-order valence-electron chi connectivity index (χ2n) is 2.84. The summed E-state index contributed by atoms with van der Waals surface area (Å²) in [6.45, 7) is 6.10. The predicted octanol–water partition coefficient (Wildman–Crippen LogP) is 1.65. The van der Waals surface area contributed by atoms with Crippen LogP contribution in [0.15, 0.2) is 6.07 Å². The zero-order chi connectivity index (χ0) is 7.72. The lowest BCUT2D eigenvalue weighted by Crippen LogP contribution is -2.06.